The number of rotatable bonds is 3. The molecule has 0 saturated carbocycles. The second-order valence-corrected chi connectivity index (χ2v) is 6.11. The maximum absolute atomic E-state index is 12.9. The fourth-order valence-corrected chi connectivity index (χ4v) is 3.16. The minimum atomic E-state index is -0.265. The van der Waals surface area contributed by atoms with Crippen LogP contribution in [0.4, 0.5) is 0 Å². The fraction of sp³-hybridized carbons (Fsp3) is 0.412. The van der Waals surface area contributed by atoms with Gasteiger partial charge < -0.3 is 18.6 Å². The highest BCUT2D eigenvalue weighted by Crippen LogP contribution is 2.22. The lowest BCUT2D eigenvalue weighted by atomic mass is 10.2. The topological polar surface area (TPSA) is 77.6 Å². The predicted octanol–water partition coefficient (Wildman–Crippen LogP) is 1.47. The van der Waals surface area contributed by atoms with Crippen LogP contribution in [0.15, 0.2) is 30.7 Å². The Balaban J connectivity index is 1.58. The molecule has 1 amide bonds. The van der Waals surface area contributed by atoms with E-state index in [4.69, 9.17) is 4.74 Å². The number of nitrogens with zero attached hydrogens (tertiary/aromatic N) is 6. The summed E-state index contributed by atoms with van der Waals surface area (Å²) in [4.78, 5) is 19.1. The minimum Gasteiger partial charge on any atom is -0.366 e. The van der Waals surface area contributed by atoms with Crippen molar-refractivity contribution in [3.63, 3.8) is 0 Å². The molecule has 3 aromatic heterocycles. The smallest absolute Gasteiger partial charge is 0.274 e. The van der Waals surface area contributed by atoms with E-state index in [0.29, 0.717) is 25.4 Å². The van der Waals surface area contributed by atoms with Crippen molar-refractivity contribution < 1.29 is 9.53 Å². The Hall–Kier alpha value is -2.74. The van der Waals surface area contributed by atoms with Gasteiger partial charge in [0.25, 0.3) is 5.91 Å². The van der Waals surface area contributed by atoms with Gasteiger partial charge in [-0.3, -0.25) is 4.79 Å². The number of aryl methyl sites for hydroxylation is 2. The number of morpholine rings is 1. The molecule has 8 heteroatoms. The molecular formula is C17H20N6O2. The van der Waals surface area contributed by atoms with Crippen molar-refractivity contribution in [1.29, 1.82) is 0 Å². The van der Waals surface area contributed by atoms with Gasteiger partial charge in [-0.2, -0.15) is 0 Å². The number of aromatic nitrogens is 5. The number of carbonyl (C=O) groups excluding carboxylic acids is 1. The number of pyridine rings is 1. The average molecular weight is 340 g/mol. The van der Waals surface area contributed by atoms with Crippen LogP contribution in [0.2, 0.25) is 0 Å². The molecule has 0 N–H and O–H groups in total. The number of amides is 1. The van der Waals surface area contributed by atoms with Crippen molar-refractivity contribution in [2.24, 2.45) is 0 Å². The molecule has 25 heavy (non-hydrogen) atoms. The summed E-state index contributed by atoms with van der Waals surface area (Å²) in [6.07, 6.45) is 3.22. The number of hydrogen-bond acceptors (Lipinski definition) is 5. The van der Waals surface area contributed by atoms with Gasteiger partial charge in [0, 0.05) is 25.0 Å². The van der Waals surface area contributed by atoms with Crippen molar-refractivity contribution >= 4 is 11.6 Å². The summed E-state index contributed by atoms with van der Waals surface area (Å²) in [5, 5.41) is 8.10. The second-order valence-electron chi connectivity index (χ2n) is 6.11. The van der Waals surface area contributed by atoms with Gasteiger partial charge in [-0.1, -0.05) is 6.07 Å². The first-order valence-electron chi connectivity index (χ1n) is 8.40. The molecule has 1 fully saturated rings. The summed E-state index contributed by atoms with van der Waals surface area (Å²) in [6, 6.07) is 5.83. The van der Waals surface area contributed by atoms with Crippen molar-refractivity contribution in [1.82, 2.24) is 29.0 Å². The normalized spacial score (nSPS) is 18.0. The molecular weight excluding hydrogens is 320 g/mol. The largest absolute Gasteiger partial charge is 0.366 e. The Kier molecular flexibility index (Phi) is 3.96. The Labute approximate surface area is 145 Å². The van der Waals surface area contributed by atoms with Gasteiger partial charge in [0.2, 0.25) is 0 Å². The van der Waals surface area contributed by atoms with Crippen LogP contribution in [-0.4, -0.2) is 54.7 Å². The summed E-state index contributed by atoms with van der Waals surface area (Å²) in [5.74, 6) is 0.671. The van der Waals surface area contributed by atoms with E-state index in [2.05, 4.69) is 15.2 Å². The van der Waals surface area contributed by atoms with E-state index >= 15 is 0 Å². The Morgan fingerprint density at radius 1 is 1.40 bits per heavy atom. The maximum Gasteiger partial charge on any atom is 0.274 e. The van der Waals surface area contributed by atoms with Crippen LogP contribution >= 0.6 is 0 Å². The third kappa shape index (κ3) is 2.78. The molecule has 130 valence electrons. The first-order valence-corrected chi connectivity index (χ1v) is 8.40. The second kappa shape index (κ2) is 6.29. The van der Waals surface area contributed by atoms with Gasteiger partial charge in [-0.05, 0) is 26.0 Å². The Morgan fingerprint density at radius 3 is 3.08 bits per heavy atom. The zero-order chi connectivity index (χ0) is 17.4. The highest BCUT2D eigenvalue weighted by molar-refractivity contribution is 5.93. The number of fused-ring (bicyclic) bond motifs is 1. The number of hydrogen-bond donors (Lipinski definition) is 0. The highest BCUT2D eigenvalue weighted by Gasteiger charge is 2.30. The van der Waals surface area contributed by atoms with Gasteiger partial charge in [0.05, 0.1) is 13.2 Å². The number of imidazole rings is 1. The lowest BCUT2D eigenvalue weighted by Crippen LogP contribution is -2.43. The lowest BCUT2D eigenvalue weighted by molar-refractivity contribution is -0.0285. The van der Waals surface area contributed by atoms with Crippen LogP contribution in [-0.2, 0) is 11.3 Å². The predicted molar refractivity (Wildman–Crippen MR) is 90.2 cm³/mol. The summed E-state index contributed by atoms with van der Waals surface area (Å²) in [7, 11) is 0. The molecule has 1 unspecified atom stereocenters. The Bertz CT molecular complexity index is 915. The average Bonchev–Trinajstić information content (AvgIpc) is 3.28. The van der Waals surface area contributed by atoms with Gasteiger partial charge >= 0.3 is 0 Å². The van der Waals surface area contributed by atoms with E-state index < -0.39 is 0 Å². The molecule has 1 aliphatic rings. The molecule has 1 aliphatic heterocycles. The van der Waals surface area contributed by atoms with Gasteiger partial charge in [-0.25, -0.2) is 4.98 Å². The monoisotopic (exact) mass is 340 g/mol. The standard InChI is InChI=1S/C17H20N6O2/c1-3-21-11-18-20-16(21)14-10-22(7-8-25-14)17(24)13-9-23-12(2)5-4-6-15(23)19-13/h4-6,9,11,14H,3,7-8,10H2,1-2H3. The third-order valence-corrected chi connectivity index (χ3v) is 4.54. The van der Waals surface area contributed by atoms with Gasteiger partial charge in [-0.15, -0.1) is 10.2 Å². The van der Waals surface area contributed by atoms with Crippen LogP contribution in [0.5, 0.6) is 0 Å². The van der Waals surface area contributed by atoms with E-state index in [-0.39, 0.29) is 12.0 Å². The summed E-state index contributed by atoms with van der Waals surface area (Å²) < 4.78 is 9.68. The first kappa shape index (κ1) is 15.8. The maximum atomic E-state index is 12.9. The Morgan fingerprint density at radius 2 is 2.28 bits per heavy atom. The summed E-state index contributed by atoms with van der Waals surface area (Å²) in [6.45, 7) is 6.25. The van der Waals surface area contributed by atoms with Crippen molar-refractivity contribution in [3.8, 4) is 0 Å². The summed E-state index contributed by atoms with van der Waals surface area (Å²) in [5.41, 5.74) is 2.27. The van der Waals surface area contributed by atoms with Crippen molar-refractivity contribution in [2.75, 3.05) is 19.7 Å². The first-order chi connectivity index (χ1) is 12.2. The van der Waals surface area contributed by atoms with Crippen LogP contribution in [0.1, 0.15) is 35.0 Å². The van der Waals surface area contributed by atoms with Crippen LogP contribution in [0, 0.1) is 6.92 Å². The van der Waals surface area contributed by atoms with Crippen LogP contribution in [0.25, 0.3) is 5.65 Å². The zero-order valence-corrected chi connectivity index (χ0v) is 14.3. The van der Waals surface area contributed by atoms with Crippen molar-refractivity contribution in [3.05, 3.63) is 47.9 Å². The molecule has 3 aromatic rings. The minimum absolute atomic E-state index is 0.0843. The molecule has 1 saturated heterocycles. The quantitative estimate of drug-likeness (QED) is 0.721. The molecule has 1 atom stereocenters. The molecule has 0 bridgehead atoms. The van der Waals surface area contributed by atoms with Crippen molar-refractivity contribution in [2.45, 2.75) is 26.5 Å². The van der Waals surface area contributed by atoms with Gasteiger partial charge in [0.1, 0.15) is 23.8 Å². The molecule has 8 nitrogen and oxygen atoms in total. The summed E-state index contributed by atoms with van der Waals surface area (Å²) >= 11 is 0. The SMILES string of the molecule is CCn1cnnc1C1CN(C(=O)c2cn3c(C)cccc3n2)CCO1. The molecule has 0 aliphatic carbocycles. The van der Waals surface area contributed by atoms with Crippen LogP contribution < -0.4 is 0 Å². The zero-order valence-electron chi connectivity index (χ0n) is 14.3. The van der Waals surface area contributed by atoms with Gasteiger partial charge in [0.15, 0.2) is 5.82 Å². The number of ether oxygens (including phenoxy) is 1. The van der Waals surface area contributed by atoms with E-state index in [9.17, 15) is 4.79 Å². The molecule has 0 aromatic carbocycles. The third-order valence-electron chi connectivity index (χ3n) is 4.54. The van der Waals surface area contributed by atoms with Crippen LogP contribution in [0.3, 0.4) is 0 Å². The fourth-order valence-electron chi connectivity index (χ4n) is 3.16. The van der Waals surface area contributed by atoms with E-state index in [1.165, 1.54) is 0 Å². The van der Waals surface area contributed by atoms with E-state index in [0.717, 1.165) is 23.7 Å². The lowest BCUT2D eigenvalue weighted by Gasteiger charge is -2.32. The number of carbonyl (C=O) groups is 1. The molecule has 0 spiro atoms. The molecule has 4 rings (SSSR count). The highest BCUT2D eigenvalue weighted by atomic mass is 16.5. The molecule has 4 heterocycles. The molecule has 0 radical (unpaired) electrons. The van der Waals surface area contributed by atoms with E-state index in [1.807, 2.05) is 41.0 Å². The van der Waals surface area contributed by atoms with E-state index in [1.54, 1.807) is 17.4 Å².